The quantitative estimate of drug-likeness (QED) is 0.745. The third kappa shape index (κ3) is 2.14. The molecule has 2 aromatic carbocycles. The minimum Gasteiger partial charge on any atom is -0.382 e. The molecule has 0 unspecified atom stereocenters. The summed E-state index contributed by atoms with van der Waals surface area (Å²) in [5.74, 6) is -0.0992. The highest BCUT2D eigenvalue weighted by molar-refractivity contribution is 6.30. The van der Waals surface area contributed by atoms with Crippen LogP contribution in [0.5, 0.6) is 0 Å². The summed E-state index contributed by atoms with van der Waals surface area (Å²) >= 11 is 5.70. The minimum atomic E-state index is -0.476. The zero-order valence-electron chi connectivity index (χ0n) is 10.4. The molecule has 3 nitrogen and oxygen atoms in total. The van der Waals surface area contributed by atoms with Gasteiger partial charge in [0.2, 0.25) is 0 Å². The Bertz CT molecular complexity index is 753. The molecule has 3 rings (SSSR count). The van der Waals surface area contributed by atoms with Crippen molar-refractivity contribution < 1.29 is 4.39 Å². The lowest BCUT2D eigenvalue weighted by Crippen LogP contribution is -1.89. The molecule has 1 aromatic heterocycles. The summed E-state index contributed by atoms with van der Waals surface area (Å²) in [6, 6.07) is 14.2. The van der Waals surface area contributed by atoms with Gasteiger partial charge in [0.1, 0.15) is 5.82 Å². The number of nitrogen functional groups attached to an aromatic ring is 1. The predicted octanol–water partition coefficient (Wildman–Crippen LogP) is 4.12. The van der Waals surface area contributed by atoms with Gasteiger partial charge in [-0.05, 0) is 17.7 Å². The first kappa shape index (κ1) is 12.7. The normalized spacial score (nSPS) is 10.7. The van der Waals surface area contributed by atoms with E-state index in [1.807, 2.05) is 30.3 Å². The highest BCUT2D eigenvalue weighted by Gasteiger charge is 2.15. The van der Waals surface area contributed by atoms with E-state index < -0.39 is 5.82 Å². The summed E-state index contributed by atoms with van der Waals surface area (Å²) in [5, 5.41) is 6.96. The van der Waals surface area contributed by atoms with Gasteiger partial charge in [0.15, 0.2) is 5.82 Å². The predicted molar refractivity (Wildman–Crippen MR) is 78.8 cm³/mol. The Labute approximate surface area is 120 Å². The molecule has 0 spiro atoms. The molecule has 0 aliphatic carbocycles. The maximum Gasteiger partial charge on any atom is 0.153 e. The van der Waals surface area contributed by atoms with Crippen molar-refractivity contribution in [2.75, 3.05) is 5.73 Å². The van der Waals surface area contributed by atoms with Gasteiger partial charge < -0.3 is 5.73 Å². The maximum absolute atomic E-state index is 13.6. The first-order valence-corrected chi connectivity index (χ1v) is 6.39. The number of nitrogens with one attached hydrogen (secondary N) is 1. The highest BCUT2D eigenvalue weighted by Crippen LogP contribution is 2.35. The number of aromatic amines is 1. The Morgan fingerprint density at radius 1 is 1.05 bits per heavy atom. The smallest absolute Gasteiger partial charge is 0.153 e. The fraction of sp³-hybridized carbons (Fsp3) is 0. The number of benzene rings is 2. The van der Waals surface area contributed by atoms with Gasteiger partial charge >= 0.3 is 0 Å². The zero-order valence-corrected chi connectivity index (χ0v) is 11.2. The van der Waals surface area contributed by atoms with Crippen molar-refractivity contribution >= 4 is 17.4 Å². The average Bonchev–Trinajstić information content (AvgIpc) is 2.85. The molecule has 0 bridgehead atoms. The van der Waals surface area contributed by atoms with Crippen LogP contribution in [0.2, 0.25) is 5.02 Å². The van der Waals surface area contributed by atoms with Crippen LogP contribution in [0.4, 0.5) is 10.2 Å². The lowest BCUT2D eigenvalue weighted by molar-refractivity contribution is 0.628. The van der Waals surface area contributed by atoms with E-state index in [1.54, 1.807) is 6.07 Å². The van der Waals surface area contributed by atoms with Crippen LogP contribution in [0.25, 0.3) is 22.4 Å². The van der Waals surface area contributed by atoms with Crippen LogP contribution in [0, 0.1) is 5.82 Å². The third-order valence-corrected chi connectivity index (χ3v) is 3.37. The molecule has 0 aliphatic rings. The number of hydrogen-bond donors (Lipinski definition) is 2. The summed E-state index contributed by atoms with van der Waals surface area (Å²) in [4.78, 5) is 0. The molecule has 0 atom stereocenters. The number of anilines is 1. The summed E-state index contributed by atoms with van der Waals surface area (Å²) in [7, 11) is 0. The molecule has 0 amide bonds. The molecule has 0 fully saturated rings. The largest absolute Gasteiger partial charge is 0.382 e. The molecule has 3 N–H and O–H groups in total. The van der Waals surface area contributed by atoms with E-state index in [9.17, 15) is 4.39 Å². The lowest BCUT2D eigenvalue weighted by Gasteiger charge is -2.05. The number of nitrogens with two attached hydrogens (primary N) is 1. The molecule has 1 heterocycles. The molecule has 0 saturated carbocycles. The van der Waals surface area contributed by atoms with E-state index in [1.165, 1.54) is 12.1 Å². The van der Waals surface area contributed by atoms with Gasteiger partial charge in [0.25, 0.3) is 0 Å². The first-order chi connectivity index (χ1) is 9.66. The van der Waals surface area contributed by atoms with E-state index in [0.717, 1.165) is 11.1 Å². The maximum atomic E-state index is 13.6. The third-order valence-electron chi connectivity index (χ3n) is 3.07. The number of nitrogens with zero attached hydrogens (tertiary/aromatic N) is 1. The Kier molecular flexibility index (Phi) is 3.16. The van der Waals surface area contributed by atoms with Crippen LogP contribution in [0.3, 0.4) is 0 Å². The van der Waals surface area contributed by atoms with E-state index >= 15 is 0 Å². The summed E-state index contributed by atoms with van der Waals surface area (Å²) in [5.41, 5.74) is 8.91. The molecular weight excluding hydrogens is 277 g/mol. The molecule has 100 valence electrons. The number of H-pyrrole nitrogens is 1. The number of halogens is 2. The van der Waals surface area contributed by atoms with Crippen LogP contribution >= 0.6 is 11.6 Å². The molecule has 0 aliphatic heterocycles. The zero-order chi connectivity index (χ0) is 14.1. The van der Waals surface area contributed by atoms with E-state index in [-0.39, 0.29) is 5.02 Å². The van der Waals surface area contributed by atoms with Gasteiger partial charge in [-0.25, -0.2) is 4.39 Å². The monoisotopic (exact) mass is 287 g/mol. The van der Waals surface area contributed by atoms with Crippen LogP contribution in [0.1, 0.15) is 0 Å². The summed E-state index contributed by atoms with van der Waals surface area (Å²) in [6.07, 6.45) is 0. The van der Waals surface area contributed by atoms with Crippen molar-refractivity contribution in [1.29, 1.82) is 0 Å². The van der Waals surface area contributed by atoms with Gasteiger partial charge in [-0.3, -0.25) is 5.10 Å². The van der Waals surface area contributed by atoms with E-state index in [0.29, 0.717) is 17.1 Å². The van der Waals surface area contributed by atoms with Gasteiger partial charge in [-0.2, -0.15) is 5.10 Å². The topological polar surface area (TPSA) is 54.7 Å². The fourth-order valence-electron chi connectivity index (χ4n) is 2.11. The van der Waals surface area contributed by atoms with Crippen LogP contribution in [0.15, 0.2) is 48.5 Å². The standard InChI is InChI=1S/C15H11ClFN3/c16-11-7-6-10(8-12(11)17)14-13(15(18)20-19-14)9-4-2-1-3-5-9/h1-8H,(H3,18,19,20). The fourth-order valence-corrected chi connectivity index (χ4v) is 2.23. The Morgan fingerprint density at radius 2 is 1.80 bits per heavy atom. The van der Waals surface area contributed by atoms with Crippen molar-refractivity contribution in [1.82, 2.24) is 10.2 Å². The van der Waals surface area contributed by atoms with Crippen molar-refractivity contribution in [2.24, 2.45) is 0 Å². The van der Waals surface area contributed by atoms with E-state index in [2.05, 4.69) is 10.2 Å². The number of hydrogen-bond acceptors (Lipinski definition) is 2. The molecule has 5 heteroatoms. The lowest BCUT2D eigenvalue weighted by atomic mass is 10.0. The molecule has 20 heavy (non-hydrogen) atoms. The second-order valence-corrected chi connectivity index (χ2v) is 4.76. The Morgan fingerprint density at radius 3 is 2.50 bits per heavy atom. The van der Waals surface area contributed by atoms with Crippen LogP contribution in [-0.2, 0) is 0 Å². The number of rotatable bonds is 2. The van der Waals surface area contributed by atoms with E-state index in [4.69, 9.17) is 17.3 Å². The Hall–Kier alpha value is -2.33. The van der Waals surface area contributed by atoms with Gasteiger partial charge in [-0.15, -0.1) is 0 Å². The number of aromatic nitrogens is 2. The molecule has 3 aromatic rings. The SMILES string of the molecule is Nc1n[nH]c(-c2ccc(Cl)c(F)c2)c1-c1ccccc1. The second-order valence-electron chi connectivity index (χ2n) is 4.35. The minimum absolute atomic E-state index is 0.0856. The summed E-state index contributed by atoms with van der Waals surface area (Å²) in [6.45, 7) is 0. The second kappa shape index (κ2) is 4.98. The average molecular weight is 288 g/mol. The van der Waals surface area contributed by atoms with Crippen LogP contribution < -0.4 is 5.73 Å². The van der Waals surface area contributed by atoms with Gasteiger partial charge in [0, 0.05) is 5.56 Å². The first-order valence-electron chi connectivity index (χ1n) is 6.01. The van der Waals surface area contributed by atoms with Crippen molar-refractivity contribution in [3.63, 3.8) is 0 Å². The summed E-state index contributed by atoms with van der Waals surface area (Å²) < 4.78 is 13.6. The van der Waals surface area contributed by atoms with Gasteiger partial charge in [-0.1, -0.05) is 48.0 Å². The van der Waals surface area contributed by atoms with Gasteiger partial charge in [0.05, 0.1) is 16.3 Å². The Balaban J connectivity index is 2.18. The molecule has 0 saturated heterocycles. The van der Waals surface area contributed by atoms with Crippen molar-refractivity contribution in [2.45, 2.75) is 0 Å². The van der Waals surface area contributed by atoms with Crippen molar-refractivity contribution in [3.8, 4) is 22.4 Å². The van der Waals surface area contributed by atoms with Crippen LogP contribution in [-0.4, -0.2) is 10.2 Å². The van der Waals surface area contributed by atoms with Crippen molar-refractivity contribution in [3.05, 3.63) is 59.4 Å². The molecule has 0 radical (unpaired) electrons. The molecular formula is C15H11ClFN3. The highest BCUT2D eigenvalue weighted by atomic mass is 35.5.